The average Bonchev–Trinajstić information content (AvgIpc) is 2.25. The van der Waals surface area contributed by atoms with Crippen molar-refractivity contribution >= 4 is 0 Å². The Labute approximate surface area is 86.0 Å². The maximum atomic E-state index is 11.9. The topological polar surface area (TPSA) is 32.5 Å². The van der Waals surface area contributed by atoms with Crippen molar-refractivity contribution in [1.82, 2.24) is 9.80 Å². The number of hydrogen-bond acceptors (Lipinski definition) is 3. The summed E-state index contributed by atoms with van der Waals surface area (Å²) in [4.78, 5) is 4.79. The molecule has 3 nitrogen and oxygen atoms in total. The van der Waals surface area contributed by atoms with Gasteiger partial charge in [-0.25, -0.2) is 0 Å². The van der Waals surface area contributed by atoms with E-state index >= 15 is 0 Å². The van der Waals surface area contributed by atoms with E-state index in [4.69, 9.17) is 5.73 Å². The van der Waals surface area contributed by atoms with Gasteiger partial charge in [-0.15, -0.1) is 0 Å². The highest BCUT2D eigenvalue weighted by Gasteiger charge is 2.15. The van der Waals surface area contributed by atoms with Crippen LogP contribution in [0.3, 0.4) is 0 Å². The van der Waals surface area contributed by atoms with Crippen molar-refractivity contribution in [1.29, 1.82) is 0 Å². The Hall–Kier alpha value is -0.190. The Bertz CT molecular complexity index is 119. The predicted octanol–water partition coefficient (Wildman–Crippen LogP) is 0.312. The van der Waals surface area contributed by atoms with Gasteiger partial charge in [-0.3, -0.25) is 4.39 Å². The monoisotopic (exact) mass is 203 g/mol. The van der Waals surface area contributed by atoms with Crippen molar-refractivity contribution < 1.29 is 4.39 Å². The summed E-state index contributed by atoms with van der Waals surface area (Å²) in [7, 11) is 0. The Kier molecular flexibility index (Phi) is 6.07. The first-order chi connectivity index (χ1) is 6.86. The second-order valence-electron chi connectivity index (χ2n) is 3.87. The van der Waals surface area contributed by atoms with E-state index in [-0.39, 0.29) is 6.67 Å². The molecule has 0 unspecified atom stereocenters. The number of rotatable bonds is 6. The van der Waals surface area contributed by atoms with Gasteiger partial charge in [-0.05, 0) is 25.9 Å². The molecule has 0 spiro atoms. The highest BCUT2D eigenvalue weighted by Crippen LogP contribution is 2.02. The van der Waals surface area contributed by atoms with Gasteiger partial charge in [0.2, 0.25) is 0 Å². The molecule has 1 saturated heterocycles. The van der Waals surface area contributed by atoms with Gasteiger partial charge >= 0.3 is 0 Å². The van der Waals surface area contributed by atoms with Gasteiger partial charge in [0.25, 0.3) is 0 Å². The molecule has 1 fully saturated rings. The first kappa shape index (κ1) is 11.9. The third-order valence-corrected chi connectivity index (χ3v) is 2.75. The van der Waals surface area contributed by atoms with Crippen molar-refractivity contribution in [3.63, 3.8) is 0 Å². The molecule has 1 aliphatic rings. The van der Waals surface area contributed by atoms with Gasteiger partial charge < -0.3 is 15.5 Å². The second-order valence-corrected chi connectivity index (χ2v) is 3.87. The minimum Gasteiger partial charge on any atom is -0.330 e. The van der Waals surface area contributed by atoms with Crippen molar-refractivity contribution in [2.45, 2.75) is 12.8 Å². The summed E-state index contributed by atoms with van der Waals surface area (Å²) in [5.41, 5.74) is 5.46. The van der Waals surface area contributed by atoms with Crippen LogP contribution in [0.1, 0.15) is 12.8 Å². The minimum absolute atomic E-state index is 0.187. The van der Waals surface area contributed by atoms with Crippen molar-refractivity contribution in [2.75, 3.05) is 52.5 Å². The van der Waals surface area contributed by atoms with Crippen LogP contribution in [0.2, 0.25) is 0 Å². The lowest BCUT2D eigenvalue weighted by atomic mass is 10.2. The average molecular weight is 203 g/mol. The lowest BCUT2D eigenvalue weighted by Gasteiger charge is -2.34. The Morgan fingerprint density at radius 3 is 1.86 bits per heavy atom. The van der Waals surface area contributed by atoms with E-state index in [0.29, 0.717) is 6.42 Å². The third kappa shape index (κ3) is 4.35. The molecule has 0 aromatic heterocycles. The molecule has 0 aliphatic carbocycles. The molecular formula is C10H22FN3. The number of nitrogens with two attached hydrogens (primary N) is 1. The highest BCUT2D eigenvalue weighted by atomic mass is 19.1. The third-order valence-electron chi connectivity index (χ3n) is 2.75. The highest BCUT2D eigenvalue weighted by molar-refractivity contribution is 4.71. The second kappa shape index (κ2) is 7.15. The van der Waals surface area contributed by atoms with E-state index in [2.05, 4.69) is 9.80 Å². The van der Waals surface area contributed by atoms with Crippen LogP contribution in [0, 0.1) is 0 Å². The normalized spacial score (nSPS) is 20.1. The molecule has 1 aliphatic heterocycles. The fourth-order valence-corrected chi connectivity index (χ4v) is 1.83. The van der Waals surface area contributed by atoms with Gasteiger partial charge in [0.1, 0.15) is 0 Å². The lowest BCUT2D eigenvalue weighted by molar-refractivity contribution is 0.129. The molecule has 84 valence electrons. The standard InChI is InChI=1S/C10H22FN3/c11-3-1-5-13-7-9-14(10-8-13)6-2-4-12/h1-10,12H2. The largest absolute Gasteiger partial charge is 0.330 e. The van der Waals surface area contributed by atoms with Crippen molar-refractivity contribution in [3.05, 3.63) is 0 Å². The first-order valence-corrected chi connectivity index (χ1v) is 5.57. The molecule has 14 heavy (non-hydrogen) atoms. The molecule has 0 atom stereocenters. The van der Waals surface area contributed by atoms with Crippen LogP contribution in [0.15, 0.2) is 0 Å². The number of hydrogen-bond donors (Lipinski definition) is 1. The summed E-state index contributed by atoms with van der Waals surface area (Å²) in [6, 6.07) is 0. The van der Waals surface area contributed by atoms with E-state index in [1.807, 2.05) is 0 Å². The molecule has 1 rings (SSSR count). The van der Waals surface area contributed by atoms with Crippen LogP contribution < -0.4 is 5.73 Å². The molecule has 0 amide bonds. The smallest absolute Gasteiger partial charge is 0.0906 e. The zero-order valence-corrected chi connectivity index (χ0v) is 8.92. The van der Waals surface area contributed by atoms with E-state index < -0.39 is 0 Å². The molecule has 0 aromatic carbocycles. The number of nitrogens with zero attached hydrogens (tertiary/aromatic N) is 2. The summed E-state index contributed by atoms with van der Waals surface area (Å²) >= 11 is 0. The van der Waals surface area contributed by atoms with E-state index in [9.17, 15) is 4.39 Å². The minimum atomic E-state index is -0.187. The first-order valence-electron chi connectivity index (χ1n) is 5.57. The molecule has 2 N–H and O–H groups in total. The van der Waals surface area contributed by atoms with Gasteiger partial charge in [0.15, 0.2) is 0 Å². The molecular weight excluding hydrogens is 181 g/mol. The van der Waals surface area contributed by atoms with Crippen LogP contribution in [0.5, 0.6) is 0 Å². The molecule has 1 heterocycles. The summed E-state index contributed by atoms with van der Waals surface area (Å²) < 4.78 is 11.9. The van der Waals surface area contributed by atoms with E-state index in [1.165, 1.54) is 0 Å². The Balaban J connectivity index is 2.05. The SMILES string of the molecule is NCCCN1CCN(CCCF)CC1. The molecule has 0 saturated carbocycles. The van der Waals surface area contributed by atoms with Crippen LogP contribution in [0.25, 0.3) is 0 Å². The van der Waals surface area contributed by atoms with Crippen molar-refractivity contribution in [2.24, 2.45) is 5.73 Å². The van der Waals surface area contributed by atoms with Gasteiger partial charge in [0, 0.05) is 32.7 Å². The Morgan fingerprint density at radius 1 is 0.929 bits per heavy atom. The summed E-state index contributed by atoms with van der Waals surface area (Å²) in [6.45, 7) is 7.04. The summed E-state index contributed by atoms with van der Waals surface area (Å²) in [5.74, 6) is 0. The van der Waals surface area contributed by atoms with E-state index in [1.54, 1.807) is 0 Å². The maximum absolute atomic E-state index is 11.9. The molecule has 0 radical (unpaired) electrons. The fraction of sp³-hybridized carbons (Fsp3) is 1.00. The zero-order valence-electron chi connectivity index (χ0n) is 8.92. The number of piperazine rings is 1. The Morgan fingerprint density at radius 2 is 1.43 bits per heavy atom. The van der Waals surface area contributed by atoms with Crippen LogP contribution in [-0.4, -0.2) is 62.3 Å². The molecule has 0 bridgehead atoms. The summed E-state index contributed by atoms with van der Waals surface area (Å²) in [5, 5.41) is 0. The van der Waals surface area contributed by atoms with Crippen LogP contribution in [0.4, 0.5) is 4.39 Å². The lowest BCUT2D eigenvalue weighted by Crippen LogP contribution is -2.47. The fourth-order valence-electron chi connectivity index (χ4n) is 1.83. The van der Waals surface area contributed by atoms with E-state index in [0.717, 1.165) is 52.2 Å². The molecule has 4 heteroatoms. The maximum Gasteiger partial charge on any atom is 0.0906 e. The predicted molar refractivity (Wildman–Crippen MR) is 57.1 cm³/mol. The number of halogens is 1. The number of alkyl halides is 1. The zero-order chi connectivity index (χ0) is 10.2. The molecule has 0 aromatic rings. The van der Waals surface area contributed by atoms with Gasteiger partial charge in [0.05, 0.1) is 6.67 Å². The summed E-state index contributed by atoms with van der Waals surface area (Å²) in [6.07, 6.45) is 1.77. The van der Waals surface area contributed by atoms with Crippen LogP contribution >= 0.6 is 0 Å². The van der Waals surface area contributed by atoms with Crippen molar-refractivity contribution in [3.8, 4) is 0 Å². The van der Waals surface area contributed by atoms with Gasteiger partial charge in [-0.1, -0.05) is 0 Å². The van der Waals surface area contributed by atoms with Crippen LogP contribution in [-0.2, 0) is 0 Å². The quantitative estimate of drug-likeness (QED) is 0.674. The van der Waals surface area contributed by atoms with Gasteiger partial charge in [-0.2, -0.15) is 0 Å².